The SMILES string of the molecule is CCCCCCCCN1C(=CC2=C(O)C(=Cc3ccc4ccccc4[n+]3CCCCCCCC)C2=O)C=Cc2ccccc21. The second-order valence-electron chi connectivity index (χ2n) is 12.3. The van der Waals surface area contributed by atoms with Crippen molar-refractivity contribution in [3.05, 3.63) is 107 Å². The molecule has 1 aliphatic carbocycles. The Balaban J connectivity index is 1.38. The molecule has 5 rings (SSSR count). The quantitative estimate of drug-likeness (QED) is 0.103. The van der Waals surface area contributed by atoms with Gasteiger partial charge in [-0.05, 0) is 48.8 Å². The second kappa shape index (κ2) is 15.7. The number of unbranched alkanes of at least 4 members (excludes halogenated alkanes) is 10. The summed E-state index contributed by atoms with van der Waals surface area (Å²) in [5.41, 5.74) is 6.19. The van der Waals surface area contributed by atoms with E-state index in [1.54, 1.807) is 0 Å². The molecule has 0 atom stereocenters. The highest BCUT2D eigenvalue weighted by Crippen LogP contribution is 2.36. The van der Waals surface area contributed by atoms with Gasteiger partial charge in [0, 0.05) is 47.9 Å². The number of hydrogen-bond acceptors (Lipinski definition) is 3. The van der Waals surface area contributed by atoms with Gasteiger partial charge in [-0.3, -0.25) is 4.79 Å². The van der Waals surface area contributed by atoms with Gasteiger partial charge < -0.3 is 10.0 Å². The zero-order valence-electron chi connectivity index (χ0n) is 26.7. The van der Waals surface area contributed by atoms with Gasteiger partial charge in [0.15, 0.2) is 0 Å². The van der Waals surface area contributed by atoms with E-state index in [-0.39, 0.29) is 11.5 Å². The summed E-state index contributed by atoms with van der Waals surface area (Å²) in [7, 11) is 0. The monoisotopic (exact) mass is 589 g/mol. The third-order valence-electron chi connectivity index (χ3n) is 9.00. The zero-order chi connectivity index (χ0) is 30.7. The lowest BCUT2D eigenvalue weighted by Gasteiger charge is -2.31. The van der Waals surface area contributed by atoms with Crippen LogP contribution >= 0.6 is 0 Å². The lowest BCUT2D eigenvalue weighted by molar-refractivity contribution is -0.673. The smallest absolute Gasteiger partial charge is 0.212 e. The number of rotatable bonds is 16. The van der Waals surface area contributed by atoms with Crippen LogP contribution in [-0.4, -0.2) is 17.4 Å². The van der Waals surface area contributed by atoms with E-state index in [0.717, 1.165) is 48.5 Å². The van der Waals surface area contributed by atoms with Crippen LogP contribution in [0.15, 0.2) is 95.4 Å². The van der Waals surface area contributed by atoms with E-state index in [1.807, 2.05) is 12.2 Å². The van der Waals surface area contributed by atoms with Gasteiger partial charge in [0.1, 0.15) is 12.3 Å². The van der Waals surface area contributed by atoms with Gasteiger partial charge in [-0.2, -0.15) is 4.57 Å². The lowest BCUT2D eigenvalue weighted by Crippen LogP contribution is -2.38. The number of allylic oxidation sites excluding steroid dienone is 4. The number of anilines is 1. The molecule has 0 bridgehead atoms. The molecule has 0 radical (unpaired) electrons. The number of benzene rings is 2. The molecule has 2 aromatic carbocycles. The maximum absolute atomic E-state index is 13.5. The van der Waals surface area contributed by atoms with Gasteiger partial charge in [-0.1, -0.05) is 108 Å². The molecule has 3 aromatic rings. The van der Waals surface area contributed by atoms with Gasteiger partial charge in [0.05, 0.1) is 11.1 Å². The van der Waals surface area contributed by atoms with Crippen LogP contribution < -0.4 is 9.47 Å². The van der Waals surface area contributed by atoms with Gasteiger partial charge in [0.2, 0.25) is 17.0 Å². The van der Waals surface area contributed by atoms with Crippen molar-refractivity contribution < 1.29 is 14.5 Å². The van der Waals surface area contributed by atoms with E-state index in [1.165, 1.54) is 75.2 Å². The molecular weight excluding hydrogens is 540 g/mol. The maximum atomic E-state index is 13.5. The van der Waals surface area contributed by atoms with Crippen LogP contribution in [0.5, 0.6) is 0 Å². The fourth-order valence-electron chi connectivity index (χ4n) is 6.41. The highest BCUT2D eigenvalue weighted by molar-refractivity contribution is 6.23. The first-order valence-electron chi connectivity index (χ1n) is 17.0. The van der Waals surface area contributed by atoms with Crippen LogP contribution in [0, 0.1) is 0 Å². The summed E-state index contributed by atoms with van der Waals surface area (Å²) in [5, 5.41) is 12.4. The minimum atomic E-state index is -0.0963. The summed E-state index contributed by atoms with van der Waals surface area (Å²) in [5.74, 6) is -0.00500. The third-order valence-corrected chi connectivity index (χ3v) is 9.00. The largest absolute Gasteiger partial charge is 0.506 e. The molecule has 1 aromatic heterocycles. The van der Waals surface area contributed by atoms with Crippen molar-refractivity contribution in [3.63, 3.8) is 0 Å². The molecule has 4 nitrogen and oxygen atoms in total. The van der Waals surface area contributed by atoms with Crippen LogP contribution in [0.1, 0.15) is 102 Å². The van der Waals surface area contributed by atoms with Crippen molar-refractivity contribution in [2.45, 2.75) is 97.4 Å². The summed E-state index contributed by atoms with van der Waals surface area (Å²) < 4.78 is 2.31. The van der Waals surface area contributed by atoms with E-state index in [2.05, 4.69) is 96.1 Å². The van der Waals surface area contributed by atoms with Crippen molar-refractivity contribution in [1.82, 2.24) is 0 Å². The molecule has 1 aliphatic heterocycles. The van der Waals surface area contributed by atoms with Crippen molar-refractivity contribution in [3.8, 4) is 0 Å². The lowest BCUT2D eigenvalue weighted by atomic mass is 9.86. The molecule has 0 spiro atoms. The Labute approximate surface area is 264 Å². The highest BCUT2D eigenvalue weighted by Gasteiger charge is 2.34. The summed E-state index contributed by atoms with van der Waals surface area (Å²) >= 11 is 0. The summed E-state index contributed by atoms with van der Waals surface area (Å²) in [6.45, 7) is 6.27. The Kier molecular flexibility index (Phi) is 11.2. The van der Waals surface area contributed by atoms with E-state index in [0.29, 0.717) is 11.1 Å². The molecule has 0 amide bonds. The van der Waals surface area contributed by atoms with E-state index < -0.39 is 0 Å². The fourth-order valence-corrected chi connectivity index (χ4v) is 6.41. The van der Waals surface area contributed by atoms with Crippen molar-refractivity contribution in [2.75, 3.05) is 11.4 Å². The Morgan fingerprint density at radius 2 is 1.41 bits per heavy atom. The Morgan fingerprint density at radius 3 is 2.18 bits per heavy atom. The van der Waals surface area contributed by atoms with Crippen LogP contribution in [0.25, 0.3) is 23.1 Å². The minimum absolute atomic E-state index is 0.0912. The highest BCUT2D eigenvalue weighted by atomic mass is 16.3. The van der Waals surface area contributed by atoms with Crippen LogP contribution in [0.3, 0.4) is 0 Å². The average Bonchev–Trinajstić information content (AvgIpc) is 3.06. The number of hydrogen-bond donors (Lipinski definition) is 1. The number of aliphatic hydroxyl groups is 1. The van der Waals surface area contributed by atoms with Crippen molar-refractivity contribution >= 4 is 34.5 Å². The first-order valence-corrected chi connectivity index (χ1v) is 17.0. The van der Waals surface area contributed by atoms with Crippen LogP contribution in [0.2, 0.25) is 0 Å². The molecule has 44 heavy (non-hydrogen) atoms. The van der Waals surface area contributed by atoms with Crippen LogP contribution in [0.4, 0.5) is 5.69 Å². The molecule has 0 saturated carbocycles. The zero-order valence-corrected chi connectivity index (χ0v) is 26.7. The molecular formula is C40H49N2O2+. The first kappa shape index (κ1) is 31.5. The number of aromatic nitrogens is 1. The average molecular weight is 590 g/mol. The topological polar surface area (TPSA) is 44.4 Å². The molecule has 0 saturated heterocycles. The number of fused-ring (bicyclic) bond motifs is 2. The van der Waals surface area contributed by atoms with E-state index in [4.69, 9.17) is 0 Å². The van der Waals surface area contributed by atoms with Gasteiger partial charge >= 0.3 is 0 Å². The normalized spacial score (nSPS) is 16.3. The number of carbonyl (C=O) groups excluding carboxylic acids is 1. The fraction of sp³-hybridized carbons (Fsp3) is 0.400. The Hall–Kier alpha value is -3.92. The standard InChI is InChI=1S/C40H48N2O2/c1-3-5-7-9-11-17-27-41-33(25-23-31-19-13-15-21-37(31)41)29-35-39(43)36(40(35)44)30-34-26-24-32-20-14-16-22-38(32)42(34)28-18-12-10-8-6-4-2/h13-16,19-26,29-30H,3-12,17-18,27-28H2,1-2H3/p+1. The number of pyridine rings is 1. The molecule has 4 heteroatoms. The van der Waals surface area contributed by atoms with Gasteiger partial charge in [0.25, 0.3) is 0 Å². The van der Waals surface area contributed by atoms with Gasteiger partial charge in [-0.25, -0.2) is 0 Å². The number of nitrogens with zero attached hydrogens (tertiary/aromatic N) is 2. The molecule has 2 heterocycles. The predicted molar refractivity (Wildman–Crippen MR) is 184 cm³/mol. The number of aliphatic hydroxyl groups excluding tert-OH is 1. The molecule has 1 N–H and O–H groups in total. The number of para-hydroxylation sites is 2. The summed E-state index contributed by atoms with van der Waals surface area (Å²) in [6, 6.07) is 21.0. The molecule has 230 valence electrons. The number of carbonyl (C=O) groups is 1. The number of ketones is 1. The molecule has 0 unspecified atom stereocenters. The van der Waals surface area contributed by atoms with Gasteiger partial charge in [-0.15, -0.1) is 0 Å². The molecule has 0 fully saturated rings. The third kappa shape index (κ3) is 7.41. The summed E-state index contributed by atoms with van der Waals surface area (Å²) in [6.07, 6.45) is 22.7. The predicted octanol–water partition coefficient (Wildman–Crippen LogP) is 10.0. The number of aryl methyl sites for hydroxylation is 1. The summed E-state index contributed by atoms with van der Waals surface area (Å²) in [4.78, 5) is 15.8. The Morgan fingerprint density at radius 1 is 0.727 bits per heavy atom. The molecule has 2 aliphatic rings. The maximum Gasteiger partial charge on any atom is 0.212 e. The van der Waals surface area contributed by atoms with Crippen molar-refractivity contribution in [2.24, 2.45) is 0 Å². The first-order chi connectivity index (χ1) is 21.6. The van der Waals surface area contributed by atoms with Crippen molar-refractivity contribution in [1.29, 1.82) is 0 Å². The number of Topliss-reactive ketones (excluding diaryl/α,β-unsaturated/α-hetero) is 1. The van der Waals surface area contributed by atoms with Crippen LogP contribution in [-0.2, 0) is 11.3 Å². The van der Waals surface area contributed by atoms with E-state index >= 15 is 0 Å². The Bertz CT molecular complexity index is 1580. The second-order valence-corrected chi connectivity index (χ2v) is 12.3. The minimum Gasteiger partial charge on any atom is -0.506 e. The van der Waals surface area contributed by atoms with E-state index in [9.17, 15) is 9.90 Å².